The van der Waals surface area contributed by atoms with Crippen LogP contribution in [-0.4, -0.2) is 61.3 Å². The minimum Gasteiger partial charge on any atom is -0.492 e. The number of nitrogens with zero attached hydrogens (tertiary/aromatic N) is 2. The number of hydrogen-bond donors (Lipinski definition) is 1. The van der Waals surface area contributed by atoms with Crippen LogP contribution in [0.2, 0.25) is 0 Å². The van der Waals surface area contributed by atoms with Crippen LogP contribution in [0.4, 0.5) is 0 Å². The van der Waals surface area contributed by atoms with E-state index in [2.05, 4.69) is 47.2 Å². The first-order chi connectivity index (χ1) is 15.6. The fourth-order valence-corrected chi connectivity index (χ4v) is 5.88. The molecule has 32 heavy (non-hydrogen) atoms. The minimum absolute atomic E-state index is 0.544. The van der Waals surface area contributed by atoms with Gasteiger partial charge < -0.3 is 14.7 Å². The molecule has 1 atom stereocenters. The number of rotatable bonds is 6. The molecule has 4 nitrogen and oxygen atoms in total. The van der Waals surface area contributed by atoms with Gasteiger partial charge in [0.1, 0.15) is 18.0 Å². The molecule has 1 saturated heterocycles. The highest BCUT2D eigenvalue weighted by molar-refractivity contribution is 7.99. The Kier molecular flexibility index (Phi) is 6.24. The summed E-state index contributed by atoms with van der Waals surface area (Å²) in [5.74, 6) is 0.867. The van der Waals surface area contributed by atoms with E-state index in [-0.39, 0.29) is 0 Å². The third-order valence-corrected chi connectivity index (χ3v) is 7.66. The average molecular weight is 447 g/mol. The van der Waals surface area contributed by atoms with Gasteiger partial charge in [-0.1, -0.05) is 66.4 Å². The van der Waals surface area contributed by atoms with E-state index < -0.39 is 5.60 Å². The third-order valence-electron chi connectivity index (χ3n) is 6.53. The maximum atomic E-state index is 12.0. The summed E-state index contributed by atoms with van der Waals surface area (Å²) >= 11 is 1.72. The molecule has 2 aliphatic rings. The predicted octanol–water partition coefficient (Wildman–Crippen LogP) is 4.26. The van der Waals surface area contributed by atoms with Crippen LogP contribution in [-0.2, 0) is 12.0 Å². The zero-order chi connectivity index (χ0) is 22.0. The summed E-state index contributed by atoms with van der Waals surface area (Å²) in [6.45, 7) is 6.06. The zero-order valence-electron chi connectivity index (χ0n) is 18.5. The van der Waals surface area contributed by atoms with Crippen molar-refractivity contribution in [2.75, 3.05) is 46.4 Å². The van der Waals surface area contributed by atoms with Gasteiger partial charge in [0.15, 0.2) is 0 Å². The highest BCUT2D eigenvalue weighted by Crippen LogP contribution is 2.50. The first-order valence-corrected chi connectivity index (χ1v) is 12.2. The summed E-state index contributed by atoms with van der Waals surface area (Å²) in [4.78, 5) is 7.00. The van der Waals surface area contributed by atoms with E-state index >= 15 is 0 Å². The number of benzene rings is 3. The van der Waals surface area contributed by atoms with Crippen molar-refractivity contribution < 1.29 is 9.84 Å². The summed E-state index contributed by atoms with van der Waals surface area (Å²) in [5, 5.41) is 12.0. The van der Waals surface area contributed by atoms with Crippen LogP contribution >= 0.6 is 11.8 Å². The van der Waals surface area contributed by atoms with Gasteiger partial charge >= 0.3 is 0 Å². The zero-order valence-corrected chi connectivity index (χ0v) is 19.4. The van der Waals surface area contributed by atoms with Crippen molar-refractivity contribution in [2.24, 2.45) is 0 Å². The van der Waals surface area contributed by atoms with E-state index in [1.807, 2.05) is 42.5 Å². The standard InChI is InChI=1S/C27H30N2O2S/c1-28-13-15-29(16-14-28)17-18-31-22-11-12-24-26(19-22)32-25-10-6-5-9-23(25)27(24,30)20-21-7-3-2-4-8-21/h2-12,19,30H,13-18,20H2,1H3. The van der Waals surface area contributed by atoms with Gasteiger partial charge in [0, 0.05) is 60.1 Å². The predicted molar refractivity (Wildman–Crippen MR) is 130 cm³/mol. The first-order valence-electron chi connectivity index (χ1n) is 11.3. The second-order valence-corrected chi connectivity index (χ2v) is 9.86. The summed E-state index contributed by atoms with van der Waals surface area (Å²) in [7, 11) is 2.18. The van der Waals surface area contributed by atoms with E-state index in [1.54, 1.807) is 11.8 Å². The Morgan fingerprint density at radius 3 is 2.41 bits per heavy atom. The lowest BCUT2D eigenvalue weighted by atomic mass is 9.81. The van der Waals surface area contributed by atoms with Gasteiger partial charge in [0.25, 0.3) is 0 Å². The largest absolute Gasteiger partial charge is 0.492 e. The average Bonchev–Trinajstić information content (AvgIpc) is 2.81. The third kappa shape index (κ3) is 4.44. The second kappa shape index (κ2) is 9.28. The van der Waals surface area contributed by atoms with Gasteiger partial charge in [-0.3, -0.25) is 4.90 Å². The molecule has 0 amide bonds. The van der Waals surface area contributed by atoms with Crippen molar-refractivity contribution >= 4 is 11.8 Å². The molecule has 1 fully saturated rings. The van der Waals surface area contributed by atoms with Gasteiger partial charge in [-0.25, -0.2) is 0 Å². The number of piperazine rings is 1. The molecule has 5 heteroatoms. The molecule has 1 unspecified atom stereocenters. The molecule has 5 rings (SSSR count). The smallest absolute Gasteiger partial charge is 0.121 e. The van der Waals surface area contributed by atoms with Gasteiger partial charge in [0.05, 0.1) is 0 Å². The molecule has 2 heterocycles. The van der Waals surface area contributed by atoms with Crippen LogP contribution in [0.3, 0.4) is 0 Å². The van der Waals surface area contributed by atoms with Crippen LogP contribution in [0.25, 0.3) is 0 Å². The number of likely N-dealkylation sites (N-methyl/N-ethyl adjacent to an activating group) is 1. The Labute approximate surface area is 194 Å². The van der Waals surface area contributed by atoms with Crippen molar-refractivity contribution in [2.45, 2.75) is 21.8 Å². The maximum absolute atomic E-state index is 12.0. The summed E-state index contributed by atoms with van der Waals surface area (Å²) in [6.07, 6.45) is 0.544. The molecule has 0 spiro atoms. The number of fused-ring (bicyclic) bond motifs is 2. The van der Waals surface area contributed by atoms with Crippen LogP contribution in [0, 0.1) is 0 Å². The first kappa shape index (κ1) is 21.5. The van der Waals surface area contributed by atoms with Crippen molar-refractivity contribution in [3.63, 3.8) is 0 Å². The van der Waals surface area contributed by atoms with Crippen molar-refractivity contribution in [3.8, 4) is 5.75 Å². The lowest BCUT2D eigenvalue weighted by molar-refractivity contribution is 0.0742. The van der Waals surface area contributed by atoms with Gasteiger partial charge in [-0.15, -0.1) is 0 Å². The second-order valence-electron chi connectivity index (χ2n) is 8.77. The van der Waals surface area contributed by atoms with Crippen molar-refractivity contribution in [1.29, 1.82) is 0 Å². The molecule has 0 aromatic heterocycles. The van der Waals surface area contributed by atoms with E-state index in [1.165, 1.54) is 0 Å². The van der Waals surface area contributed by atoms with Crippen LogP contribution < -0.4 is 4.74 Å². The molecule has 0 aliphatic carbocycles. The molecular formula is C27H30N2O2S. The van der Waals surface area contributed by atoms with Crippen LogP contribution in [0.1, 0.15) is 16.7 Å². The lowest BCUT2D eigenvalue weighted by Gasteiger charge is -2.36. The van der Waals surface area contributed by atoms with Crippen LogP contribution in [0.5, 0.6) is 5.75 Å². The Hall–Kier alpha value is -2.31. The highest BCUT2D eigenvalue weighted by atomic mass is 32.2. The molecule has 0 saturated carbocycles. The molecule has 166 valence electrons. The highest BCUT2D eigenvalue weighted by Gasteiger charge is 2.39. The summed E-state index contributed by atoms with van der Waals surface area (Å²) in [5.41, 5.74) is 1.99. The van der Waals surface area contributed by atoms with Crippen molar-refractivity contribution in [1.82, 2.24) is 9.80 Å². The molecule has 1 N–H and O–H groups in total. The van der Waals surface area contributed by atoms with Gasteiger partial charge in [-0.05, 0) is 30.8 Å². The molecule has 3 aromatic carbocycles. The maximum Gasteiger partial charge on any atom is 0.121 e. The quantitative estimate of drug-likeness (QED) is 0.612. The summed E-state index contributed by atoms with van der Waals surface area (Å²) < 4.78 is 6.13. The fraction of sp³-hybridized carbons (Fsp3) is 0.333. The monoisotopic (exact) mass is 446 g/mol. The summed E-state index contributed by atoms with van der Waals surface area (Å²) in [6, 6.07) is 24.6. The van der Waals surface area contributed by atoms with E-state index in [4.69, 9.17) is 4.74 Å². The molecule has 0 bridgehead atoms. The Bertz CT molecular complexity index is 1070. The van der Waals surface area contributed by atoms with E-state index in [0.717, 1.165) is 65.0 Å². The number of ether oxygens (including phenoxy) is 1. The molecule has 0 radical (unpaired) electrons. The van der Waals surface area contributed by atoms with Gasteiger partial charge in [0.2, 0.25) is 0 Å². The molecular weight excluding hydrogens is 416 g/mol. The topological polar surface area (TPSA) is 35.9 Å². The minimum atomic E-state index is -1.06. The lowest BCUT2D eigenvalue weighted by Crippen LogP contribution is -2.45. The Morgan fingerprint density at radius 2 is 1.59 bits per heavy atom. The molecule has 3 aromatic rings. The number of hydrogen-bond acceptors (Lipinski definition) is 5. The van der Waals surface area contributed by atoms with E-state index in [0.29, 0.717) is 13.0 Å². The normalized spacial score (nSPS) is 21.1. The van der Waals surface area contributed by atoms with Gasteiger partial charge in [-0.2, -0.15) is 0 Å². The van der Waals surface area contributed by atoms with Crippen molar-refractivity contribution in [3.05, 3.63) is 89.5 Å². The SMILES string of the molecule is CN1CCN(CCOc2ccc3c(c2)Sc2ccccc2C3(O)Cc2ccccc2)CC1. The van der Waals surface area contributed by atoms with E-state index in [9.17, 15) is 5.11 Å². The fourth-order valence-electron chi connectivity index (χ4n) is 4.63. The molecule has 2 aliphatic heterocycles. The Balaban J connectivity index is 1.36. The number of aliphatic hydroxyl groups is 1. The Morgan fingerprint density at radius 1 is 0.875 bits per heavy atom. The van der Waals surface area contributed by atoms with Crippen LogP contribution in [0.15, 0.2) is 82.6 Å².